The lowest BCUT2D eigenvalue weighted by atomic mass is 9.83. The minimum Gasteiger partial charge on any atom is -0.507 e. The second kappa shape index (κ2) is 5.21. The third-order valence-corrected chi connectivity index (χ3v) is 3.87. The van der Waals surface area contributed by atoms with Crippen LogP contribution in [0.5, 0.6) is 11.5 Å². The van der Waals surface area contributed by atoms with Crippen molar-refractivity contribution < 1.29 is 14.6 Å². The van der Waals surface area contributed by atoms with Crippen molar-refractivity contribution in [2.24, 2.45) is 0 Å². The van der Waals surface area contributed by atoms with Gasteiger partial charge in [0.15, 0.2) is 5.78 Å². The standard InChI is InChI=1S/C15H21NO3/c1-5-9-13(19-4)8-10-11(16(2)3)6-7-12(17)14(10)15(9)18/h8,11,18H,5-7H2,1-4H3. The van der Waals surface area contributed by atoms with Crippen molar-refractivity contribution in [2.45, 2.75) is 32.2 Å². The number of ether oxygens (including phenoxy) is 1. The number of phenols is 1. The number of nitrogens with zero attached hydrogens (tertiary/aromatic N) is 1. The van der Waals surface area contributed by atoms with Gasteiger partial charge in [0.05, 0.1) is 12.7 Å². The van der Waals surface area contributed by atoms with E-state index in [4.69, 9.17) is 4.74 Å². The first kappa shape index (κ1) is 13.9. The lowest BCUT2D eigenvalue weighted by molar-refractivity contribution is 0.0945. The summed E-state index contributed by atoms with van der Waals surface area (Å²) in [6.45, 7) is 1.95. The van der Waals surface area contributed by atoms with Crippen LogP contribution in [0.15, 0.2) is 6.07 Å². The van der Waals surface area contributed by atoms with Crippen LogP contribution in [0.25, 0.3) is 0 Å². The van der Waals surface area contributed by atoms with Gasteiger partial charge in [0.25, 0.3) is 0 Å². The number of fused-ring (bicyclic) bond motifs is 1. The molecule has 0 radical (unpaired) electrons. The highest BCUT2D eigenvalue weighted by molar-refractivity contribution is 6.02. The summed E-state index contributed by atoms with van der Waals surface area (Å²) >= 11 is 0. The van der Waals surface area contributed by atoms with Crippen LogP contribution in [0.2, 0.25) is 0 Å². The largest absolute Gasteiger partial charge is 0.507 e. The van der Waals surface area contributed by atoms with E-state index in [1.54, 1.807) is 7.11 Å². The van der Waals surface area contributed by atoms with Gasteiger partial charge in [-0.2, -0.15) is 0 Å². The molecule has 1 N–H and O–H groups in total. The van der Waals surface area contributed by atoms with E-state index in [1.807, 2.05) is 27.1 Å². The molecule has 2 rings (SSSR count). The quantitative estimate of drug-likeness (QED) is 0.910. The highest BCUT2D eigenvalue weighted by atomic mass is 16.5. The molecule has 0 fully saturated rings. The van der Waals surface area contributed by atoms with E-state index in [0.717, 1.165) is 12.0 Å². The first-order valence-electron chi connectivity index (χ1n) is 6.63. The molecule has 1 atom stereocenters. The van der Waals surface area contributed by atoms with Gasteiger partial charge >= 0.3 is 0 Å². The molecule has 0 saturated carbocycles. The molecule has 0 heterocycles. The van der Waals surface area contributed by atoms with Crippen LogP contribution in [0.3, 0.4) is 0 Å². The Kier molecular flexibility index (Phi) is 3.80. The molecule has 0 aromatic heterocycles. The fourth-order valence-corrected chi connectivity index (χ4v) is 2.87. The van der Waals surface area contributed by atoms with Gasteiger partial charge in [0, 0.05) is 18.0 Å². The number of methoxy groups -OCH3 is 1. The van der Waals surface area contributed by atoms with E-state index in [2.05, 4.69) is 4.90 Å². The fraction of sp³-hybridized carbons (Fsp3) is 0.533. The molecule has 0 bridgehead atoms. The highest BCUT2D eigenvalue weighted by Crippen LogP contribution is 2.43. The average Bonchev–Trinajstić information content (AvgIpc) is 2.37. The van der Waals surface area contributed by atoms with Crippen molar-refractivity contribution in [3.63, 3.8) is 0 Å². The van der Waals surface area contributed by atoms with Gasteiger partial charge < -0.3 is 14.7 Å². The Morgan fingerprint density at radius 3 is 2.68 bits per heavy atom. The Bertz CT molecular complexity index is 509. The maximum Gasteiger partial charge on any atom is 0.167 e. The van der Waals surface area contributed by atoms with E-state index >= 15 is 0 Å². The summed E-state index contributed by atoms with van der Waals surface area (Å²) in [5.74, 6) is 0.802. The van der Waals surface area contributed by atoms with Crippen LogP contribution in [-0.4, -0.2) is 37.0 Å². The number of benzene rings is 1. The van der Waals surface area contributed by atoms with Crippen LogP contribution >= 0.6 is 0 Å². The molecular weight excluding hydrogens is 242 g/mol. The summed E-state index contributed by atoms with van der Waals surface area (Å²) in [4.78, 5) is 14.2. The number of hydrogen-bond acceptors (Lipinski definition) is 4. The smallest absolute Gasteiger partial charge is 0.167 e. The van der Waals surface area contributed by atoms with Gasteiger partial charge in [0.1, 0.15) is 11.5 Å². The first-order chi connectivity index (χ1) is 9.01. The van der Waals surface area contributed by atoms with E-state index in [0.29, 0.717) is 29.7 Å². The summed E-state index contributed by atoms with van der Waals surface area (Å²) in [6, 6.07) is 2.06. The van der Waals surface area contributed by atoms with Crippen molar-refractivity contribution >= 4 is 5.78 Å². The highest BCUT2D eigenvalue weighted by Gasteiger charge is 2.32. The third-order valence-electron chi connectivity index (χ3n) is 3.87. The van der Waals surface area contributed by atoms with Crippen LogP contribution in [0, 0.1) is 0 Å². The topological polar surface area (TPSA) is 49.8 Å². The Morgan fingerprint density at radius 1 is 1.47 bits per heavy atom. The zero-order chi connectivity index (χ0) is 14.2. The van der Waals surface area contributed by atoms with Crippen molar-refractivity contribution in [1.29, 1.82) is 0 Å². The number of carbonyl (C=O) groups is 1. The summed E-state index contributed by atoms with van der Waals surface area (Å²) in [6.07, 6.45) is 1.91. The molecule has 1 aromatic carbocycles. The molecule has 4 nitrogen and oxygen atoms in total. The van der Waals surface area contributed by atoms with Crippen LogP contribution < -0.4 is 4.74 Å². The predicted molar refractivity (Wildman–Crippen MR) is 74.0 cm³/mol. The number of ketones is 1. The van der Waals surface area contributed by atoms with E-state index < -0.39 is 0 Å². The normalized spacial score (nSPS) is 18.6. The summed E-state index contributed by atoms with van der Waals surface area (Å²) in [7, 11) is 5.57. The Hall–Kier alpha value is -1.55. The number of Topliss-reactive ketones (excluding diaryl/α,β-unsaturated/α-hetero) is 1. The SMILES string of the molecule is CCc1c(OC)cc2c(c1O)C(=O)CCC2N(C)C. The number of rotatable bonds is 3. The lowest BCUT2D eigenvalue weighted by Crippen LogP contribution is -2.27. The van der Waals surface area contributed by atoms with Crippen LogP contribution in [-0.2, 0) is 6.42 Å². The summed E-state index contributed by atoms with van der Waals surface area (Å²) in [5, 5.41) is 10.4. The summed E-state index contributed by atoms with van der Waals surface area (Å²) < 4.78 is 5.36. The number of hydrogen-bond donors (Lipinski definition) is 1. The molecule has 1 aliphatic carbocycles. The van der Waals surface area contributed by atoms with E-state index in [1.165, 1.54) is 0 Å². The van der Waals surface area contributed by atoms with Gasteiger partial charge in [0.2, 0.25) is 0 Å². The molecule has 0 spiro atoms. The van der Waals surface area contributed by atoms with Crippen LogP contribution in [0.1, 0.15) is 47.3 Å². The van der Waals surface area contributed by atoms with Crippen molar-refractivity contribution in [3.8, 4) is 11.5 Å². The maximum atomic E-state index is 12.1. The maximum absolute atomic E-state index is 12.1. The number of aromatic hydroxyl groups is 1. The first-order valence-corrected chi connectivity index (χ1v) is 6.63. The van der Waals surface area contributed by atoms with Crippen molar-refractivity contribution in [2.75, 3.05) is 21.2 Å². The van der Waals surface area contributed by atoms with Crippen molar-refractivity contribution in [3.05, 3.63) is 22.8 Å². The van der Waals surface area contributed by atoms with E-state index in [-0.39, 0.29) is 17.6 Å². The lowest BCUT2D eigenvalue weighted by Gasteiger charge is -2.31. The number of phenolic OH excluding ortho intramolecular Hbond substituents is 1. The second-order valence-electron chi connectivity index (χ2n) is 5.17. The van der Waals surface area contributed by atoms with Gasteiger partial charge in [-0.25, -0.2) is 0 Å². The molecule has 0 amide bonds. The van der Waals surface area contributed by atoms with Gasteiger partial charge in [-0.3, -0.25) is 4.79 Å². The fourth-order valence-electron chi connectivity index (χ4n) is 2.87. The Morgan fingerprint density at radius 2 is 2.16 bits per heavy atom. The van der Waals surface area contributed by atoms with Gasteiger partial charge in [-0.05, 0) is 38.6 Å². The zero-order valence-electron chi connectivity index (χ0n) is 12.0. The molecule has 1 aromatic rings. The van der Waals surface area contributed by atoms with Crippen LogP contribution in [0.4, 0.5) is 0 Å². The van der Waals surface area contributed by atoms with E-state index in [9.17, 15) is 9.90 Å². The van der Waals surface area contributed by atoms with Gasteiger partial charge in [-0.1, -0.05) is 6.92 Å². The molecule has 19 heavy (non-hydrogen) atoms. The molecule has 1 aliphatic rings. The zero-order valence-corrected chi connectivity index (χ0v) is 12.0. The van der Waals surface area contributed by atoms with Gasteiger partial charge in [-0.15, -0.1) is 0 Å². The minimum absolute atomic E-state index is 0.0305. The third kappa shape index (κ3) is 2.21. The Balaban J connectivity index is 2.69. The second-order valence-corrected chi connectivity index (χ2v) is 5.17. The average molecular weight is 263 g/mol. The molecule has 1 unspecified atom stereocenters. The molecule has 0 aliphatic heterocycles. The molecule has 4 heteroatoms. The minimum atomic E-state index is 0.0305. The Labute approximate surface area is 114 Å². The molecular formula is C15H21NO3. The molecule has 104 valence electrons. The monoisotopic (exact) mass is 263 g/mol. The number of carbonyl (C=O) groups excluding carboxylic acids is 1. The summed E-state index contributed by atoms with van der Waals surface area (Å²) in [5.41, 5.74) is 2.09. The van der Waals surface area contributed by atoms with Crippen molar-refractivity contribution in [1.82, 2.24) is 4.90 Å². The predicted octanol–water partition coefficient (Wildman–Crippen LogP) is 2.54. The molecule has 0 saturated heterocycles.